The van der Waals surface area contributed by atoms with Crippen molar-refractivity contribution < 1.29 is 19.1 Å². The maximum absolute atomic E-state index is 12.3. The van der Waals surface area contributed by atoms with E-state index in [-0.39, 0.29) is 18.9 Å². The topological polar surface area (TPSA) is 83.3 Å². The molecular weight excluding hydrogens is 334 g/mol. The predicted molar refractivity (Wildman–Crippen MR) is 93.5 cm³/mol. The van der Waals surface area contributed by atoms with Crippen LogP contribution in [-0.4, -0.2) is 34.2 Å². The fourth-order valence-electron chi connectivity index (χ4n) is 2.30. The Kier molecular flexibility index (Phi) is 5.38. The van der Waals surface area contributed by atoms with Gasteiger partial charge in [0.05, 0.1) is 13.3 Å². The highest BCUT2D eigenvalue weighted by Crippen LogP contribution is 2.14. The second-order valence-electron chi connectivity index (χ2n) is 5.53. The molecule has 0 radical (unpaired) electrons. The van der Waals surface area contributed by atoms with Gasteiger partial charge in [-0.05, 0) is 48.5 Å². The number of hydrogen-bond donors (Lipinski definition) is 0. The number of methoxy groups -OCH3 is 1. The summed E-state index contributed by atoms with van der Waals surface area (Å²) in [5.74, 6) is 1.25. The lowest BCUT2D eigenvalue weighted by Gasteiger charge is -2.04. The number of nitrogens with zero attached hydrogens (tertiary/aromatic N) is 3. The molecule has 0 saturated carbocycles. The number of benzene rings is 2. The Hall–Kier alpha value is -3.48. The zero-order chi connectivity index (χ0) is 18.4. The number of rotatable bonds is 8. The third-order valence-electron chi connectivity index (χ3n) is 3.71. The van der Waals surface area contributed by atoms with Crippen molar-refractivity contribution in [2.24, 2.45) is 0 Å². The van der Waals surface area contributed by atoms with Gasteiger partial charge in [0, 0.05) is 11.1 Å². The molecule has 0 amide bonds. The quantitative estimate of drug-likeness (QED) is 0.458. The Morgan fingerprint density at radius 2 is 1.77 bits per heavy atom. The normalized spacial score (nSPS) is 10.3. The largest absolute Gasteiger partial charge is 0.497 e. The van der Waals surface area contributed by atoms with Crippen LogP contribution >= 0.6 is 0 Å². The van der Waals surface area contributed by atoms with E-state index in [2.05, 4.69) is 10.3 Å². The average molecular weight is 351 g/mol. The molecule has 0 saturated heterocycles. The maximum atomic E-state index is 12.3. The third kappa shape index (κ3) is 4.32. The summed E-state index contributed by atoms with van der Waals surface area (Å²) < 4.78 is 12.1. The van der Waals surface area contributed by atoms with Crippen LogP contribution in [0.2, 0.25) is 0 Å². The second-order valence-corrected chi connectivity index (χ2v) is 5.53. The lowest BCUT2D eigenvalue weighted by Crippen LogP contribution is -2.11. The summed E-state index contributed by atoms with van der Waals surface area (Å²) in [6.45, 7) is 0.310. The van der Waals surface area contributed by atoms with Gasteiger partial charge >= 0.3 is 0 Å². The van der Waals surface area contributed by atoms with E-state index in [1.807, 2.05) is 0 Å². The predicted octanol–water partition coefficient (Wildman–Crippen LogP) is 2.56. The number of carbonyl (C=O) groups excluding carboxylic acids is 2. The summed E-state index contributed by atoms with van der Waals surface area (Å²) in [5.41, 5.74) is 1.77. The molecule has 3 aromatic rings. The zero-order valence-corrected chi connectivity index (χ0v) is 14.2. The van der Waals surface area contributed by atoms with E-state index >= 15 is 0 Å². The van der Waals surface area contributed by atoms with E-state index in [0.717, 1.165) is 6.29 Å². The summed E-state index contributed by atoms with van der Waals surface area (Å²) in [6.07, 6.45) is 2.44. The maximum Gasteiger partial charge on any atom is 0.184 e. The van der Waals surface area contributed by atoms with Crippen molar-refractivity contribution in [3.63, 3.8) is 0 Å². The zero-order valence-electron chi connectivity index (χ0n) is 14.2. The minimum atomic E-state index is -0.0746. The van der Waals surface area contributed by atoms with Gasteiger partial charge in [0.1, 0.15) is 36.6 Å². The number of hydrogen-bond acceptors (Lipinski definition) is 6. The Balaban J connectivity index is 1.56. The third-order valence-corrected chi connectivity index (χ3v) is 3.71. The van der Waals surface area contributed by atoms with E-state index < -0.39 is 0 Å². The molecule has 7 heteroatoms. The van der Waals surface area contributed by atoms with Crippen LogP contribution in [0.15, 0.2) is 54.7 Å². The van der Waals surface area contributed by atoms with E-state index in [9.17, 15) is 9.59 Å². The van der Waals surface area contributed by atoms with Crippen molar-refractivity contribution in [2.45, 2.75) is 13.2 Å². The highest BCUT2D eigenvalue weighted by atomic mass is 16.5. The summed E-state index contributed by atoms with van der Waals surface area (Å²) in [4.78, 5) is 22.9. The number of ether oxygens (including phenoxy) is 2. The van der Waals surface area contributed by atoms with Crippen molar-refractivity contribution >= 4 is 12.1 Å². The molecule has 0 N–H and O–H groups in total. The Morgan fingerprint density at radius 1 is 1.08 bits per heavy atom. The number of aromatic nitrogens is 3. The molecule has 132 valence electrons. The van der Waals surface area contributed by atoms with Crippen LogP contribution in [0.1, 0.15) is 26.4 Å². The van der Waals surface area contributed by atoms with Gasteiger partial charge in [-0.15, -0.1) is 5.10 Å². The van der Waals surface area contributed by atoms with Crippen molar-refractivity contribution in [2.75, 3.05) is 7.11 Å². The van der Waals surface area contributed by atoms with Crippen LogP contribution in [0.25, 0.3) is 0 Å². The van der Waals surface area contributed by atoms with Gasteiger partial charge in [0.25, 0.3) is 0 Å². The molecule has 0 fully saturated rings. The first kappa shape index (κ1) is 17.3. The molecule has 1 heterocycles. The summed E-state index contributed by atoms with van der Waals surface area (Å²) in [7, 11) is 1.58. The van der Waals surface area contributed by atoms with Gasteiger partial charge in [0.15, 0.2) is 5.78 Å². The first-order valence-electron chi connectivity index (χ1n) is 7.92. The number of ketones is 1. The molecule has 1 aromatic heterocycles. The van der Waals surface area contributed by atoms with Crippen LogP contribution in [0.4, 0.5) is 0 Å². The molecule has 7 nitrogen and oxygen atoms in total. The molecule has 3 rings (SSSR count). The Morgan fingerprint density at radius 3 is 2.42 bits per heavy atom. The van der Waals surface area contributed by atoms with Crippen molar-refractivity contribution in [3.8, 4) is 11.5 Å². The molecule has 0 aliphatic carbocycles. The summed E-state index contributed by atoms with van der Waals surface area (Å²) in [5, 5.41) is 7.95. The van der Waals surface area contributed by atoms with Crippen LogP contribution in [-0.2, 0) is 13.2 Å². The second kappa shape index (κ2) is 8.06. The van der Waals surface area contributed by atoms with Gasteiger partial charge in [-0.2, -0.15) is 0 Å². The molecule has 0 spiro atoms. The molecular formula is C19H17N3O4. The van der Waals surface area contributed by atoms with E-state index in [4.69, 9.17) is 9.47 Å². The van der Waals surface area contributed by atoms with E-state index in [1.54, 1.807) is 61.8 Å². The van der Waals surface area contributed by atoms with Crippen molar-refractivity contribution in [1.82, 2.24) is 15.0 Å². The fraction of sp³-hybridized carbons (Fsp3) is 0.158. The number of carbonyl (C=O) groups is 2. The fourth-order valence-corrected chi connectivity index (χ4v) is 2.30. The number of Topliss-reactive ketones (excluding diaryl/α,β-unsaturated/α-hetero) is 1. The van der Waals surface area contributed by atoms with Crippen molar-refractivity contribution in [1.29, 1.82) is 0 Å². The van der Waals surface area contributed by atoms with Gasteiger partial charge < -0.3 is 9.47 Å². The van der Waals surface area contributed by atoms with Gasteiger partial charge in [0.2, 0.25) is 0 Å². The Bertz CT molecular complexity index is 886. The Labute approximate surface area is 150 Å². The van der Waals surface area contributed by atoms with Crippen LogP contribution in [0.5, 0.6) is 11.5 Å². The summed E-state index contributed by atoms with van der Waals surface area (Å²) >= 11 is 0. The van der Waals surface area contributed by atoms with Gasteiger partial charge in [-0.1, -0.05) is 5.21 Å². The molecule has 0 atom stereocenters. The smallest absolute Gasteiger partial charge is 0.184 e. The average Bonchev–Trinajstić information content (AvgIpc) is 3.14. The number of aldehydes is 1. The standard InChI is InChI=1S/C19H17N3O4/c1-25-17-8-4-15(5-9-17)19(24)11-22-10-16(20-21-22)13-26-18-6-2-14(12-23)3-7-18/h2-10,12H,11,13H2,1H3. The lowest BCUT2D eigenvalue weighted by molar-refractivity contribution is 0.0966. The lowest BCUT2D eigenvalue weighted by atomic mass is 10.1. The van der Waals surface area contributed by atoms with Gasteiger partial charge in [-0.3, -0.25) is 9.59 Å². The molecule has 2 aromatic carbocycles. The van der Waals surface area contributed by atoms with Crippen LogP contribution in [0.3, 0.4) is 0 Å². The molecule has 26 heavy (non-hydrogen) atoms. The van der Waals surface area contributed by atoms with E-state index in [1.165, 1.54) is 4.68 Å². The SMILES string of the molecule is COc1ccc(C(=O)Cn2cc(COc3ccc(C=O)cc3)nn2)cc1. The first-order valence-corrected chi connectivity index (χ1v) is 7.92. The van der Waals surface area contributed by atoms with E-state index in [0.29, 0.717) is 28.3 Å². The molecule has 0 aliphatic rings. The minimum Gasteiger partial charge on any atom is -0.497 e. The molecule has 0 bridgehead atoms. The minimum absolute atomic E-state index is 0.0746. The van der Waals surface area contributed by atoms with Crippen LogP contribution in [0, 0.1) is 0 Å². The highest BCUT2D eigenvalue weighted by Gasteiger charge is 2.09. The highest BCUT2D eigenvalue weighted by molar-refractivity contribution is 5.95. The van der Waals surface area contributed by atoms with Gasteiger partial charge in [-0.25, -0.2) is 4.68 Å². The van der Waals surface area contributed by atoms with Crippen LogP contribution < -0.4 is 9.47 Å². The summed E-state index contributed by atoms with van der Waals surface area (Å²) in [6, 6.07) is 13.7. The molecule has 0 unspecified atom stereocenters. The first-order chi connectivity index (χ1) is 12.7. The monoisotopic (exact) mass is 351 g/mol. The molecule has 0 aliphatic heterocycles. The van der Waals surface area contributed by atoms with Crippen molar-refractivity contribution in [3.05, 3.63) is 71.5 Å².